The van der Waals surface area contributed by atoms with E-state index in [0.29, 0.717) is 37.6 Å². The highest BCUT2D eigenvalue weighted by atomic mass is 16.6. The van der Waals surface area contributed by atoms with Gasteiger partial charge < -0.3 is 24.0 Å². The number of benzene rings is 1. The molecule has 7 nitrogen and oxygen atoms in total. The quantitative estimate of drug-likeness (QED) is 0.321. The van der Waals surface area contributed by atoms with Gasteiger partial charge in [0.2, 0.25) is 0 Å². The lowest BCUT2D eigenvalue weighted by Crippen LogP contribution is -2.36. The highest BCUT2D eigenvalue weighted by molar-refractivity contribution is 5.78. The number of likely N-dealkylation sites (tertiary alicyclic amines) is 2. The van der Waals surface area contributed by atoms with E-state index in [0.717, 1.165) is 64.0 Å². The van der Waals surface area contributed by atoms with Crippen LogP contribution in [0.25, 0.3) is 0 Å². The molecule has 0 saturated carbocycles. The van der Waals surface area contributed by atoms with Crippen molar-refractivity contribution >= 4 is 11.9 Å². The molecule has 0 aromatic heterocycles. The number of Topliss-reactive ketones (excluding diaryl/α,β-unsaturated/α-hetero) is 1. The van der Waals surface area contributed by atoms with Crippen LogP contribution >= 0.6 is 0 Å². The van der Waals surface area contributed by atoms with Crippen molar-refractivity contribution in [3.8, 4) is 11.5 Å². The van der Waals surface area contributed by atoms with Crippen molar-refractivity contribution in [2.75, 3.05) is 45.9 Å². The molecule has 0 unspecified atom stereocenters. The molecule has 1 aromatic rings. The van der Waals surface area contributed by atoms with Crippen LogP contribution in [-0.4, -0.2) is 67.6 Å². The van der Waals surface area contributed by atoms with Gasteiger partial charge >= 0.3 is 6.09 Å². The van der Waals surface area contributed by atoms with Crippen molar-refractivity contribution in [3.05, 3.63) is 23.8 Å². The van der Waals surface area contributed by atoms with Gasteiger partial charge in [0, 0.05) is 38.4 Å². The zero-order valence-corrected chi connectivity index (χ0v) is 22.1. The molecule has 4 rings (SSSR count). The molecular weight excluding hydrogens is 456 g/mol. The van der Waals surface area contributed by atoms with E-state index in [2.05, 4.69) is 11.8 Å². The minimum Gasteiger partial charge on any atom is -0.486 e. The number of hydrogen-bond acceptors (Lipinski definition) is 6. The number of ether oxygens (including phenoxy) is 3. The molecule has 1 aromatic carbocycles. The molecule has 0 spiro atoms. The maximum absolute atomic E-state index is 13.2. The van der Waals surface area contributed by atoms with Crippen molar-refractivity contribution in [1.82, 2.24) is 9.80 Å². The standard InChI is InChI=1S/C29H44N2O5/c1-2-3-4-5-6-11-25(32)20-24(22-30-14-7-8-15-30)28(36-29(33)31-16-9-10-17-31)23-12-13-26-27(21-23)35-19-18-34-26/h12-13,21,24,28H,2-11,14-20,22H2,1H3/t24-,28-/m1/s1. The van der Waals surface area contributed by atoms with Crippen molar-refractivity contribution in [1.29, 1.82) is 0 Å². The Morgan fingerprint density at radius 1 is 0.917 bits per heavy atom. The molecule has 0 aliphatic carbocycles. The minimum absolute atomic E-state index is 0.0969. The van der Waals surface area contributed by atoms with Gasteiger partial charge in [-0.25, -0.2) is 4.79 Å². The maximum atomic E-state index is 13.2. The molecule has 36 heavy (non-hydrogen) atoms. The number of carbonyl (C=O) groups excluding carboxylic acids is 2. The number of rotatable bonds is 13. The molecule has 1 amide bonds. The number of amides is 1. The molecule has 200 valence electrons. The Kier molecular flexibility index (Phi) is 10.3. The predicted molar refractivity (Wildman–Crippen MR) is 140 cm³/mol. The zero-order valence-electron chi connectivity index (χ0n) is 22.1. The van der Waals surface area contributed by atoms with Gasteiger partial charge in [-0.1, -0.05) is 38.7 Å². The van der Waals surface area contributed by atoms with Crippen LogP contribution in [0.5, 0.6) is 11.5 Å². The number of hydrogen-bond donors (Lipinski definition) is 0. The van der Waals surface area contributed by atoms with Crippen LogP contribution in [0.2, 0.25) is 0 Å². The molecular formula is C29H44N2O5. The third-order valence-corrected chi connectivity index (χ3v) is 7.66. The molecule has 3 aliphatic rings. The van der Waals surface area contributed by atoms with Crippen LogP contribution in [0.4, 0.5) is 4.79 Å². The minimum atomic E-state index is -0.501. The Hall–Kier alpha value is -2.28. The Morgan fingerprint density at radius 2 is 1.61 bits per heavy atom. The lowest BCUT2D eigenvalue weighted by atomic mass is 9.89. The summed E-state index contributed by atoms with van der Waals surface area (Å²) in [5.74, 6) is 1.58. The Labute approximate surface area is 216 Å². The fourth-order valence-electron chi connectivity index (χ4n) is 5.64. The topological polar surface area (TPSA) is 68.3 Å². The van der Waals surface area contributed by atoms with Gasteiger partial charge in [-0.2, -0.15) is 0 Å². The van der Waals surface area contributed by atoms with E-state index in [1.807, 2.05) is 18.2 Å². The largest absolute Gasteiger partial charge is 0.486 e. The monoisotopic (exact) mass is 500 g/mol. The summed E-state index contributed by atoms with van der Waals surface area (Å²) in [7, 11) is 0. The first-order chi connectivity index (χ1) is 17.6. The Morgan fingerprint density at radius 3 is 2.36 bits per heavy atom. The lowest BCUT2D eigenvalue weighted by Gasteiger charge is -2.32. The van der Waals surface area contributed by atoms with E-state index in [4.69, 9.17) is 14.2 Å². The zero-order chi connectivity index (χ0) is 25.2. The maximum Gasteiger partial charge on any atom is 0.410 e. The van der Waals surface area contributed by atoms with E-state index in [-0.39, 0.29) is 17.8 Å². The van der Waals surface area contributed by atoms with Crippen LogP contribution in [0, 0.1) is 5.92 Å². The summed E-state index contributed by atoms with van der Waals surface area (Å²) in [6.07, 6.45) is 10.3. The van der Waals surface area contributed by atoms with Crippen molar-refractivity contribution in [2.24, 2.45) is 5.92 Å². The van der Waals surface area contributed by atoms with Gasteiger partial charge in [0.15, 0.2) is 11.5 Å². The van der Waals surface area contributed by atoms with Crippen molar-refractivity contribution in [2.45, 2.75) is 83.7 Å². The molecule has 7 heteroatoms. The first kappa shape index (κ1) is 26.8. The SMILES string of the molecule is CCCCCCCC(=O)C[C@H](CN1CCCC1)[C@H](OC(=O)N1CCCC1)c1ccc2c(c1)OCCO2. The molecule has 3 aliphatic heterocycles. The Balaban J connectivity index is 1.53. The van der Waals surface area contributed by atoms with Gasteiger partial charge in [-0.3, -0.25) is 4.79 Å². The van der Waals surface area contributed by atoms with Gasteiger partial charge in [-0.15, -0.1) is 0 Å². The molecule has 3 heterocycles. The van der Waals surface area contributed by atoms with E-state index in [1.54, 1.807) is 4.90 Å². The third kappa shape index (κ3) is 7.61. The molecule has 2 atom stereocenters. The summed E-state index contributed by atoms with van der Waals surface area (Å²) in [4.78, 5) is 30.5. The van der Waals surface area contributed by atoms with Gasteiger partial charge in [-0.05, 0) is 62.9 Å². The Bertz CT molecular complexity index is 848. The molecule has 0 N–H and O–H groups in total. The molecule has 2 saturated heterocycles. The second kappa shape index (κ2) is 13.9. The second-order valence-corrected chi connectivity index (χ2v) is 10.6. The summed E-state index contributed by atoms with van der Waals surface area (Å²) < 4.78 is 17.8. The normalized spacial score (nSPS) is 19.3. The number of unbranched alkanes of at least 4 members (excludes halogenated alkanes) is 4. The average Bonchev–Trinajstić information content (AvgIpc) is 3.61. The van der Waals surface area contributed by atoms with E-state index < -0.39 is 6.10 Å². The number of ketones is 1. The van der Waals surface area contributed by atoms with Crippen LogP contribution in [0.3, 0.4) is 0 Å². The van der Waals surface area contributed by atoms with Gasteiger partial charge in [0.05, 0.1) is 0 Å². The smallest absolute Gasteiger partial charge is 0.410 e. The first-order valence-electron chi connectivity index (χ1n) is 14.2. The third-order valence-electron chi connectivity index (χ3n) is 7.66. The van der Waals surface area contributed by atoms with Crippen LogP contribution < -0.4 is 9.47 Å². The average molecular weight is 501 g/mol. The fourth-order valence-corrected chi connectivity index (χ4v) is 5.64. The predicted octanol–water partition coefficient (Wildman–Crippen LogP) is 5.76. The lowest BCUT2D eigenvalue weighted by molar-refractivity contribution is -0.121. The summed E-state index contributed by atoms with van der Waals surface area (Å²) in [5, 5.41) is 0. The molecule has 2 fully saturated rings. The number of carbonyl (C=O) groups is 2. The van der Waals surface area contributed by atoms with Crippen molar-refractivity contribution in [3.63, 3.8) is 0 Å². The summed E-state index contributed by atoms with van der Waals surface area (Å²) in [5.41, 5.74) is 0.881. The summed E-state index contributed by atoms with van der Waals surface area (Å²) in [6, 6.07) is 5.83. The van der Waals surface area contributed by atoms with Crippen molar-refractivity contribution < 1.29 is 23.8 Å². The summed E-state index contributed by atoms with van der Waals surface area (Å²) in [6.45, 7) is 7.54. The highest BCUT2D eigenvalue weighted by Crippen LogP contribution is 2.38. The second-order valence-electron chi connectivity index (χ2n) is 10.6. The number of fused-ring (bicyclic) bond motifs is 1. The van der Waals surface area contributed by atoms with Gasteiger partial charge in [0.1, 0.15) is 25.1 Å². The van der Waals surface area contributed by atoms with Gasteiger partial charge in [0.25, 0.3) is 0 Å². The summed E-state index contributed by atoms with van der Waals surface area (Å²) >= 11 is 0. The number of nitrogens with zero attached hydrogens (tertiary/aromatic N) is 2. The fraction of sp³-hybridized carbons (Fsp3) is 0.724. The van der Waals surface area contributed by atoms with E-state index >= 15 is 0 Å². The van der Waals surface area contributed by atoms with Crippen LogP contribution in [-0.2, 0) is 9.53 Å². The molecule has 0 bridgehead atoms. The first-order valence-corrected chi connectivity index (χ1v) is 14.2. The van der Waals surface area contributed by atoms with Crippen LogP contribution in [0.15, 0.2) is 18.2 Å². The molecule has 0 radical (unpaired) electrons. The van der Waals surface area contributed by atoms with Crippen LogP contribution in [0.1, 0.15) is 89.2 Å². The van der Waals surface area contributed by atoms with E-state index in [9.17, 15) is 9.59 Å². The van der Waals surface area contributed by atoms with E-state index in [1.165, 1.54) is 32.1 Å². The highest BCUT2D eigenvalue weighted by Gasteiger charge is 2.34.